The van der Waals surface area contributed by atoms with Crippen LogP contribution in [0.3, 0.4) is 0 Å². The molecule has 0 aromatic heterocycles. The zero-order valence-corrected chi connectivity index (χ0v) is 27.2. The number of alkyl halides is 3. The Balaban J connectivity index is 1.87. The Bertz CT molecular complexity index is 1870. The first-order valence-corrected chi connectivity index (χ1v) is 15.8. The number of hydrogen-bond acceptors (Lipinski definition) is 9. The van der Waals surface area contributed by atoms with E-state index in [9.17, 15) is 31.6 Å². The molecule has 0 heterocycles. The zero-order chi connectivity index (χ0) is 35.8. The molecule has 0 saturated carbocycles. The highest BCUT2D eigenvalue weighted by Crippen LogP contribution is 2.38. The third kappa shape index (κ3) is 9.08. The summed E-state index contributed by atoms with van der Waals surface area (Å²) in [6, 6.07) is 20.0. The molecule has 4 aromatic carbocycles. The van der Waals surface area contributed by atoms with Crippen LogP contribution in [0.2, 0.25) is 0 Å². The van der Waals surface area contributed by atoms with Crippen molar-refractivity contribution in [2.24, 2.45) is 15.4 Å². The minimum Gasteiger partial charge on any atom is -0.497 e. The van der Waals surface area contributed by atoms with Crippen LogP contribution >= 0.6 is 0 Å². The van der Waals surface area contributed by atoms with Crippen LogP contribution in [0.4, 0.5) is 13.2 Å². The van der Waals surface area contributed by atoms with Gasteiger partial charge in [-0.05, 0) is 82.0 Å². The van der Waals surface area contributed by atoms with Gasteiger partial charge in [0.2, 0.25) is 10.0 Å². The summed E-state index contributed by atoms with van der Waals surface area (Å²) in [6.45, 7) is -0.829. The first kappa shape index (κ1) is 36.7. The van der Waals surface area contributed by atoms with E-state index in [0.29, 0.717) is 46.1 Å². The number of ether oxygens (including phenoxy) is 3. The molecule has 4 rings (SSSR count). The lowest BCUT2D eigenvalue weighted by molar-refractivity contribution is -0.139. The molecule has 49 heavy (non-hydrogen) atoms. The SMILES string of the molecule is COc1ccc(/C=N\N=NC(=N)c2c(B(O)O)ccc(C(F)(F)F)c2S(=O)(=O)N(Cc2ccc(OC)cc2)Cc2ccc(OC)cc2)cc1. The molecule has 0 aliphatic heterocycles. The number of halogens is 3. The number of amidine groups is 1. The van der Waals surface area contributed by atoms with E-state index < -0.39 is 63.7 Å². The van der Waals surface area contributed by atoms with E-state index >= 15 is 0 Å². The van der Waals surface area contributed by atoms with Crippen LogP contribution in [0.5, 0.6) is 17.2 Å². The summed E-state index contributed by atoms with van der Waals surface area (Å²) in [7, 11) is -3.34. The van der Waals surface area contributed by atoms with Crippen molar-refractivity contribution in [1.82, 2.24) is 4.31 Å². The van der Waals surface area contributed by atoms with Gasteiger partial charge >= 0.3 is 13.3 Å². The van der Waals surface area contributed by atoms with Crippen LogP contribution in [0.25, 0.3) is 0 Å². The zero-order valence-electron chi connectivity index (χ0n) is 26.4. The van der Waals surface area contributed by atoms with Crippen molar-refractivity contribution in [3.63, 3.8) is 0 Å². The number of methoxy groups -OCH3 is 3. The van der Waals surface area contributed by atoms with Gasteiger partial charge in [0.1, 0.15) is 22.1 Å². The van der Waals surface area contributed by atoms with Crippen molar-refractivity contribution in [1.29, 1.82) is 5.41 Å². The second kappa shape index (κ2) is 15.9. The Morgan fingerprint density at radius 1 is 0.816 bits per heavy atom. The summed E-state index contributed by atoms with van der Waals surface area (Å²) in [4.78, 5) is -1.41. The van der Waals surface area contributed by atoms with Gasteiger partial charge in [0.15, 0.2) is 5.84 Å². The summed E-state index contributed by atoms with van der Waals surface area (Å²) in [5, 5.41) is 39.5. The minimum atomic E-state index is -5.26. The van der Waals surface area contributed by atoms with Gasteiger partial charge in [0.25, 0.3) is 0 Å². The van der Waals surface area contributed by atoms with Crippen LogP contribution in [0.15, 0.2) is 105 Å². The van der Waals surface area contributed by atoms with Crippen molar-refractivity contribution in [3.8, 4) is 17.2 Å². The van der Waals surface area contributed by atoms with E-state index in [1.54, 1.807) is 72.8 Å². The third-order valence-electron chi connectivity index (χ3n) is 7.16. The molecular formula is C32H31BF3N5O7S. The maximum atomic E-state index is 14.6. The second-order valence-corrected chi connectivity index (χ2v) is 12.2. The van der Waals surface area contributed by atoms with Crippen molar-refractivity contribution in [2.45, 2.75) is 24.2 Å². The van der Waals surface area contributed by atoms with Gasteiger partial charge in [-0.25, -0.2) is 8.42 Å². The van der Waals surface area contributed by atoms with Crippen LogP contribution < -0.4 is 19.7 Å². The van der Waals surface area contributed by atoms with E-state index in [4.69, 9.17) is 19.6 Å². The predicted molar refractivity (Wildman–Crippen MR) is 176 cm³/mol. The predicted octanol–water partition coefficient (Wildman–Crippen LogP) is 4.61. The van der Waals surface area contributed by atoms with Gasteiger partial charge in [-0.1, -0.05) is 30.3 Å². The molecule has 0 fully saturated rings. The van der Waals surface area contributed by atoms with Crippen LogP contribution in [0, 0.1) is 5.41 Å². The fraction of sp³-hybridized carbons (Fsp3) is 0.188. The monoisotopic (exact) mass is 697 g/mol. The Morgan fingerprint density at radius 2 is 1.29 bits per heavy atom. The average Bonchev–Trinajstić information content (AvgIpc) is 3.09. The van der Waals surface area contributed by atoms with Gasteiger partial charge in [-0.15, -0.1) is 10.2 Å². The number of benzene rings is 4. The van der Waals surface area contributed by atoms with Crippen molar-refractivity contribution in [3.05, 3.63) is 113 Å². The fourth-order valence-electron chi connectivity index (χ4n) is 4.68. The molecule has 12 nitrogen and oxygen atoms in total. The summed E-state index contributed by atoms with van der Waals surface area (Å²) in [5.74, 6) is 0.386. The lowest BCUT2D eigenvalue weighted by atomic mass is 9.76. The van der Waals surface area contributed by atoms with Crippen LogP contribution in [-0.2, 0) is 29.3 Å². The highest BCUT2D eigenvalue weighted by molar-refractivity contribution is 7.89. The number of nitrogens with one attached hydrogen (secondary N) is 1. The molecular weight excluding hydrogens is 666 g/mol. The van der Waals surface area contributed by atoms with E-state index in [2.05, 4.69) is 15.4 Å². The molecule has 0 atom stereocenters. The molecule has 0 spiro atoms. The quantitative estimate of drug-likeness (QED) is 0.0603. The van der Waals surface area contributed by atoms with E-state index in [-0.39, 0.29) is 0 Å². The fourth-order valence-corrected chi connectivity index (χ4v) is 6.51. The highest BCUT2D eigenvalue weighted by Gasteiger charge is 2.43. The number of hydrogen-bond donors (Lipinski definition) is 3. The summed E-state index contributed by atoms with van der Waals surface area (Å²) < 4.78 is 89.0. The number of rotatable bonds is 13. The Morgan fingerprint density at radius 3 is 1.71 bits per heavy atom. The van der Waals surface area contributed by atoms with Gasteiger partial charge < -0.3 is 24.3 Å². The average molecular weight is 698 g/mol. The standard InChI is InChI=1S/C32H31BF3N5O7S/c1-46-24-10-4-21(5-11-24)18-38-40-39-31(37)29-28(33(42)43)17-16-27(32(34,35)36)30(29)49(44,45)41(19-22-6-12-25(47-2)13-7-22)20-23-8-14-26(48-3)15-9-23/h4-18,37,42-43H,19-20H2,1-3H3/b37-31?,38-18-,40-39?. The first-order valence-electron chi connectivity index (χ1n) is 14.3. The second-order valence-electron chi connectivity index (χ2n) is 10.3. The molecule has 0 aliphatic rings. The summed E-state index contributed by atoms with van der Waals surface area (Å²) >= 11 is 0. The molecule has 3 N–H and O–H groups in total. The Kier molecular flexibility index (Phi) is 11.9. The minimum absolute atomic E-state index is 0.397. The van der Waals surface area contributed by atoms with Crippen molar-refractivity contribution < 1.29 is 45.8 Å². The van der Waals surface area contributed by atoms with E-state index in [0.717, 1.165) is 4.31 Å². The molecule has 0 aliphatic carbocycles. The molecule has 0 saturated heterocycles. The maximum Gasteiger partial charge on any atom is 0.489 e. The van der Waals surface area contributed by atoms with Gasteiger partial charge in [0.05, 0.1) is 33.1 Å². The van der Waals surface area contributed by atoms with Crippen molar-refractivity contribution >= 4 is 34.7 Å². The maximum absolute atomic E-state index is 14.6. The lowest BCUT2D eigenvalue weighted by Gasteiger charge is -2.27. The molecule has 0 unspecified atom stereocenters. The van der Waals surface area contributed by atoms with Crippen LogP contribution in [0.1, 0.15) is 27.8 Å². The summed E-state index contributed by atoms with van der Waals surface area (Å²) in [6.07, 6.45) is -4.03. The van der Waals surface area contributed by atoms with Crippen LogP contribution in [-0.4, -0.2) is 63.3 Å². The normalized spacial score (nSPS) is 12.1. The van der Waals surface area contributed by atoms with Crippen molar-refractivity contribution in [2.75, 3.05) is 21.3 Å². The number of sulfonamides is 1. The lowest BCUT2D eigenvalue weighted by Crippen LogP contribution is -2.40. The topological polar surface area (TPSA) is 166 Å². The highest BCUT2D eigenvalue weighted by atomic mass is 32.2. The Hall–Kier alpha value is -5.10. The van der Waals surface area contributed by atoms with Gasteiger partial charge in [-0.2, -0.15) is 17.5 Å². The Labute approximate surface area is 280 Å². The van der Waals surface area contributed by atoms with E-state index in [1.165, 1.54) is 27.5 Å². The summed E-state index contributed by atoms with van der Waals surface area (Å²) in [5.41, 5.74) is -2.05. The molecule has 17 heteroatoms. The van der Waals surface area contributed by atoms with E-state index in [1.807, 2.05) is 0 Å². The molecule has 0 bridgehead atoms. The van der Waals surface area contributed by atoms with Gasteiger partial charge in [0, 0.05) is 18.7 Å². The molecule has 0 radical (unpaired) electrons. The molecule has 256 valence electrons. The van der Waals surface area contributed by atoms with Gasteiger partial charge in [-0.3, -0.25) is 5.41 Å². The smallest absolute Gasteiger partial charge is 0.489 e. The largest absolute Gasteiger partial charge is 0.497 e. The number of nitrogens with zero attached hydrogens (tertiary/aromatic N) is 4. The molecule has 0 amide bonds. The third-order valence-corrected chi connectivity index (χ3v) is 9.04. The molecule has 4 aromatic rings. The first-order chi connectivity index (χ1) is 23.3.